The quantitative estimate of drug-likeness (QED) is 0.510. The van der Waals surface area contributed by atoms with E-state index in [4.69, 9.17) is 10.5 Å². The fourth-order valence-electron chi connectivity index (χ4n) is 2.36. The van der Waals surface area contributed by atoms with Gasteiger partial charge in [-0.15, -0.1) is 0 Å². The highest BCUT2D eigenvalue weighted by Crippen LogP contribution is 2.10. The van der Waals surface area contributed by atoms with Gasteiger partial charge in [-0.25, -0.2) is 0 Å². The van der Waals surface area contributed by atoms with Gasteiger partial charge in [0.1, 0.15) is 5.75 Å². The topological polar surface area (TPSA) is 50.9 Å². The van der Waals surface area contributed by atoms with Crippen LogP contribution in [0.2, 0.25) is 0 Å². The van der Waals surface area contributed by atoms with Crippen LogP contribution in [-0.2, 0) is 0 Å². The number of likely N-dealkylation sites (tertiary alicyclic amines) is 1. The number of aliphatic imine (C=N–C) groups is 1. The maximum Gasteiger partial charge on any atom is 0.191 e. The average molecular weight is 275 g/mol. The van der Waals surface area contributed by atoms with Crippen LogP contribution in [0, 0.1) is 0 Å². The normalized spacial score (nSPS) is 16.8. The molecule has 1 aromatic carbocycles. The third kappa shape index (κ3) is 5.11. The van der Waals surface area contributed by atoms with Gasteiger partial charge in [-0.2, -0.15) is 0 Å². The van der Waals surface area contributed by atoms with E-state index in [0.29, 0.717) is 12.6 Å². The highest BCUT2D eigenvalue weighted by atomic mass is 16.5. The average Bonchev–Trinajstić information content (AvgIpc) is 2.77. The van der Waals surface area contributed by atoms with E-state index in [-0.39, 0.29) is 0 Å². The molecule has 0 atom stereocenters. The first-order valence-corrected chi connectivity index (χ1v) is 7.59. The lowest BCUT2D eigenvalue weighted by atomic mass is 10.2. The fraction of sp³-hybridized carbons (Fsp3) is 0.562. The molecular weight excluding hydrogens is 250 g/mol. The first kappa shape index (κ1) is 14.7. The number of hydrogen-bond donors (Lipinski definition) is 1. The molecule has 0 unspecified atom stereocenters. The number of nitrogens with zero attached hydrogens (tertiary/aromatic N) is 2. The lowest BCUT2D eigenvalue weighted by Gasteiger charge is -2.21. The first-order valence-electron chi connectivity index (χ1n) is 7.59. The maximum absolute atomic E-state index is 6.05. The second-order valence-electron chi connectivity index (χ2n) is 5.16. The van der Waals surface area contributed by atoms with Gasteiger partial charge in [-0.3, -0.25) is 4.99 Å². The van der Waals surface area contributed by atoms with Crippen LogP contribution in [0.4, 0.5) is 0 Å². The summed E-state index contributed by atoms with van der Waals surface area (Å²) in [5.74, 6) is 1.61. The smallest absolute Gasteiger partial charge is 0.191 e. The molecule has 4 nitrogen and oxygen atoms in total. The predicted molar refractivity (Wildman–Crippen MR) is 83.1 cm³/mol. The highest BCUT2D eigenvalue weighted by molar-refractivity contribution is 5.78. The van der Waals surface area contributed by atoms with Gasteiger partial charge in [0.05, 0.1) is 6.61 Å². The zero-order valence-electron chi connectivity index (χ0n) is 12.1. The van der Waals surface area contributed by atoms with Crippen molar-refractivity contribution in [2.75, 3.05) is 26.2 Å². The van der Waals surface area contributed by atoms with Crippen LogP contribution in [0.3, 0.4) is 0 Å². The summed E-state index contributed by atoms with van der Waals surface area (Å²) in [5, 5.41) is 0. The molecule has 0 amide bonds. The van der Waals surface area contributed by atoms with Crippen molar-refractivity contribution in [2.45, 2.75) is 32.1 Å². The van der Waals surface area contributed by atoms with Gasteiger partial charge >= 0.3 is 0 Å². The predicted octanol–water partition coefficient (Wildman–Crippen LogP) is 2.65. The molecule has 1 saturated heterocycles. The zero-order chi connectivity index (χ0) is 14.0. The van der Waals surface area contributed by atoms with Crippen molar-refractivity contribution in [1.29, 1.82) is 0 Å². The second kappa shape index (κ2) is 8.46. The number of para-hydroxylation sites is 1. The standard InChI is InChI=1S/C16H25N3O/c17-16(19-12-6-1-2-7-13-19)18-11-8-14-20-15-9-4-3-5-10-15/h3-5,9-10H,1-2,6-8,11-14H2,(H2,17,18). The largest absolute Gasteiger partial charge is 0.494 e. The lowest BCUT2D eigenvalue weighted by Crippen LogP contribution is -2.38. The lowest BCUT2D eigenvalue weighted by molar-refractivity contribution is 0.313. The van der Waals surface area contributed by atoms with E-state index < -0.39 is 0 Å². The molecule has 20 heavy (non-hydrogen) atoms. The Labute approximate surface area is 121 Å². The molecule has 1 fully saturated rings. The molecule has 110 valence electrons. The third-order valence-electron chi connectivity index (χ3n) is 3.52. The van der Waals surface area contributed by atoms with E-state index in [1.165, 1.54) is 25.7 Å². The number of benzene rings is 1. The first-order chi connectivity index (χ1) is 9.86. The summed E-state index contributed by atoms with van der Waals surface area (Å²) in [6.07, 6.45) is 5.98. The molecule has 1 aromatic rings. The number of rotatable bonds is 5. The van der Waals surface area contributed by atoms with E-state index in [1.54, 1.807) is 0 Å². The Kier molecular flexibility index (Phi) is 6.21. The van der Waals surface area contributed by atoms with Crippen LogP contribution >= 0.6 is 0 Å². The summed E-state index contributed by atoms with van der Waals surface area (Å²) < 4.78 is 5.63. The van der Waals surface area contributed by atoms with Crippen molar-refractivity contribution in [3.05, 3.63) is 30.3 Å². The van der Waals surface area contributed by atoms with Crippen LogP contribution in [0.15, 0.2) is 35.3 Å². The van der Waals surface area contributed by atoms with Crippen molar-refractivity contribution in [2.24, 2.45) is 10.7 Å². The number of hydrogen-bond acceptors (Lipinski definition) is 2. The Bertz CT molecular complexity index is 397. The molecule has 1 aliphatic rings. The Hall–Kier alpha value is -1.71. The number of nitrogens with two attached hydrogens (primary N) is 1. The van der Waals surface area contributed by atoms with Crippen LogP contribution in [0.1, 0.15) is 32.1 Å². The molecule has 1 heterocycles. The van der Waals surface area contributed by atoms with Gasteiger partial charge in [0.25, 0.3) is 0 Å². The van der Waals surface area contributed by atoms with Gasteiger partial charge in [0, 0.05) is 26.1 Å². The van der Waals surface area contributed by atoms with Crippen molar-refractivity contribution >= 4 is 5.96 Å². The molecule has 0 aromatic heterocycles. The SMILES string of the molecule is NC(=NCCCOc1ccccc1)N1CCCCCC1. The monoisotopic (exact) mass is 275 g/mol. The van der Waals surface area contributed by atoms with E-state index >= 15 is 0 Å². The van der Waals surface area contributed by atoms with E-state index in [2.05, 4.69) is 9.89 Å². The Morgan fingerprint density at radius 1 is 1.10 bits per heavy atom. The molecule has 4 heteroatoms. The third-order valence-corrected chi connectivity index (χ3v) is 3.52. The summed E-state index contributed by atoms with van der Waals surface area (Å²) >= 11 is 0. The minimum Gasteiger partial charge on any atom is -0.494 e. The summed E-state index contributed by atoms with van der Waals surface area (Å²) in [7, 11) is 0. The van der Waals surface area contributed by atoms with Gasteiger partial charge in [-0.1, -0.05) is 31.0 Å². The van der Waals surface area contributed by atoms with Crippen LogP contribution in [0.5, 0.6) is 5.75 Å². The van der Waals surface area contributed by atoms with Crippen LogP contribution < -0.4 is 10.5 Å². The minimum atomic E-state index is 0.681. The zero-order valence-corrected chi connectivity index (χ0v) is 12.1. The molecule has 2 N–H and O–H groups in total. The summed E-state index contributed by atoms with van der Waals surface area (Å²) in [6.45, 7) is 3.52. The maximum atomic E-state index is 6.05. The second-order valence-corrected chi connectivity index (χ2v) is 5.16. The van der Waals surface area contributed by atoms with E-state index in [9.17, 15) is 0 Å². The van der Waals surface area contributed by atoms with Gasteiger partial charge in [0.2, 0.25) is 0 Å². The van der Waals surface area contributed by atoms with Gasteiger partial charge < -0.3 is 15.4 Å². The minimum absolute atomic E-state index is 0.681. The number of guanidine groups is 1. The molecule has 0 spiro atoms. The Balaban J connectivity index is 1.64. The van der Waals surface area contributed by atoms with Gasteiger partial charge in [-0.05, 0) is 25.0 Å². The van der Waals surface area contributed by atoms with Crippen molar-refractivity contribution in [3.8, 4) is 5.75 Å². The van der Waals surface area contributed by atoms with Crippen LogP contribution in [-0.4, -0.2) is 37.1 Å². The molecule has 0 saturated carbocycles. The van der Waals surface area contributed by atoms with Crippen molar-refractivity contribution in [3.63, 3.8) is 0 Å². The van der Waals surface area contributed by atoms with E-state index in [1.807, 2.05) is 30.3 Å². The Morgan fingerprint density at radius 2 is 1.80 bits per heavy atom. The van der Waals surface area contributed by atoms with Crippen molar-refractivity contribution in [1.82, 2.24) is 4.90 Å². The summed E-state index contributed by atoms with van der Waals surface area (Å²) in [4.78, 5) is 6.67. The molecule has 2 rings (SSSR count). The van der Waals surface area contributed by atoms with Crippen LogP contribution in [0.25, 0.3) is 0 Å². The molecule has 1 aliphatic heterocycles. The van der Waals surface area contributed by atoms with Crippen molar-refractivity contribution < 1.29 is 4.74 Å². The molecule has 0 bridgehead atoms. The fourth-order valence-corrected chi connectivity index (χ4v) is 2.36. The highest BCUT2D eigenvalue weighted by Gasteiger charge is 2.10. The number of ether oxygens (including phenoxy) is 1. The molecular formula is C16H25N3O. The summed E-state index contributed by atoms with van der Waals surface area (Å²) in [6, 6.07) is 9.87. The Morgan fingerprint density at radius 3 is 2.50 bits per heavy atom. The van der Waals surface area contributed by atoms with Gasteiger partial charge in [0.15, 0.2) is 5.96 Å². The summed E-state index contributed by atoms with van der Waals surface area (Å²) in [5.41, 5.74) is 6.05. The van der Waals surface area contributed by atoms with E-state index in [0.717, 1.165) is 31.8 Å². The molecule has 0 aliphatic carbocycles. The molecule has 0 radical (unpaired) electrons.